The van der Waals surface area contributed by atoms with Gasteiger partial charge in [-0.15, -0.1) is 0 Å². The van der Waals surface area contributed by atoms with Crippen molar-refractivity contribution in [2.75, 3.05) is 19.8 Å². The molecule has 0 aliphatic carbocycles. The second kappa shape index (κ2) is 36.0. The Hall–Kier alpha value is -1.96. The van der Waals surface area contributed by atoms with Crippen molar-refractivity contribution >= 4 is 11.9 Å². The van der Waals surface area contributed by atoms with Gasteiger partial charge in [0.25, 0.3) is 0 Å². The highest BCUT2D eigenvalue weighted by molar-refractivity contribution is 5.69. The van der Waals surface area contributed by atoms with Gasteiger partial charge in [-0.1, -0.05) is 147 Å². The summed E-state index contributed by atoms with van der Waals surface area (Å²) in [6.07, 6.45) is 29.3. The normalized spacial score (nSPS) is 13.2. The van der Waals surface area contributed by atoms with E-state index >= 15 is 0 Å². The summed E-state index contributed by atoms with van der Waals surface area (Å²) >= 11 is 0. The van der Waals surface area contributed by atoms with Crippen LogP contribution in [0.2, 0.25) is 0 Å². The molecule has 0 aromatic heterocycles. The summed E-state index contributed by atoms with van der Waals surface area (Å²) in [6.45, 7) is 8.86. The number of aliphatic hydroxyl groups is 1. The molecule has 0 aliphatic heterocycles. The Morgan fingerprint density at radius 1 is 0.596 bits per heavy atom. The minimum Gasteiger partial charge on any atom is -0.465 e. The van der Waals surface area contributed by atoms with Gasteiger partial charge in [-0.3, -0.25) is 9.59 Å². The van der Waals surface area contributed by atoms with Crippen molar-refractivity contribution in [3.05, 3.63) is 35.9 Å². The van der Waals surface area contributed by atoms with Gasteiger partial charge in [-0.05, 0) is 82.7 Å². The Morgan fingerprint density at radius 3 is 1.75 bits per heavy atom. The first kappa shape index (κ1) is 48.1. The van der Waals surface area contributed by atoms with Crippen LogP contribution in [0.4, 0.5) is 0 Å². The van der Waals surface area contributed by atoms with Crippen LogP contribution in [0.25, 0.3) is 0 Å². The molecule has 0 spiro atoms. The Morgan fingerprint density at radius 2 is 1.12 bits per heavy atom. The van der Waals surface area contributed by atoms with E-state index in [1.807, 2.05) is 37.3 Å². The lowest BCUT2D eigenvalue weighted by molar-refractivity contribution is -0.146. The lowest BCUT2D eigenvalue weighted by Crippen LogP contribution is -2.30. The quantitative estimate of drug-likeness (QED) is 0.0397. The fraction of sp³-hybridized carbons (Fsp3) is 0.822. The van der Waals surface area contributed by atoms with Crippen molar-refractivity contribution in [1.29, 1.82) is 0 Å². The van der Waals surface area contributed by atoms with E-state index in [9.17, 15) is 14.7 Å². The van der Waals surface area contributed by atoms with E-state index in [0.29, 0.717) is 44.6 Å². The number of rotatable bonds is 38. The number of unbranched alkanes of at least 4 members (excludes halogenated alkanes) is 15. The van der Waals surface area contributed by atoms with Crippen LogP contribution in [-0.2, 0) is 30.4 Å². The molecule has 0 fully saturated rings. The molecule has 2 N–H and O–H groups in total. The third kappa shape index (κ3) is 30.5. The summed E-state index contributed by atoms with van der Waals surface area (Å²) in [5.74, 6) is 0.409. The van der Waals surface area contributed by atoms with Crippen LogP contribution in [0.5, 0.6) is 0 Å². The smallest absolute Gasteiger partial charge is 0.306 e. The van der Waals surface area contributed by atoms with Crippen molar-refractivity contribution in [2.24, 2.45) is 5.92 Å². The highest BCUT2D eigenvalue weighted by atomic mass is 16.6. The minimum atomic E-state index is -0.608. The number of carbonyl (C=O) groups is 2. The number of hydrogen-bond donors (Lipinski definition) is 2. The fourth-order valence-corrected chi connectivity index (χ4v) is 6.87. The van der Waals surface area contributed by atoms with Crippen LogP contribution in [-0.4, -0.2) is 49.1 Å². The molecule has 0 aliphatic rings. The molecule has 7 heteroatoms. The maximum atomic E-state index is 12.4. The lowest BCUT2D eigenvalue weighted by atomic mass is 9.96. The Kier molecular flexibility index (Phi) is 33.3. The summed E-state index contributed by atoms with van der Waals surface area (Å²) < 4.78 is 16.4. The average molecular weight is 732 g/mol. The molecule has 3 atom stereocenters. The molecule has 0 heterocycles. The van der Waals surface area contributed by atoms with Gasteiger partial charge in [0.05, 0.1) is 6.61 Å². The zero-order valence-electron chi connectivity index (χ0n) is 34.0. The first-order valence-electron chi connectivity index (χ1n) is 21.9. The van der Waals surface area contributed by atoms with Gasteiger partial charge in [0.1, 0.15) is 6.61 Å². The van der Waals surface area contributed by atoms with Crippen LogP contribution in [0.1, 0.15) is 200 Å². The topological polar surface area (TPSA) is 94.1 Å². The molecule has 0 saturated heterocycles. The molecular weight excluding hydrogens is 650 g/mol. The summed E-state index contributed by atoms with van der Waals surface area (Å²) in [5.41, 5.74) is 1.02. The Bertz CT molecular complexity index is 928. The monoisotopic (exact) mass is 732 g/mol. The number of esters is 2. The molecule has 1 rings (SSSR count). The average Bonchev–Trinajstić information content (AvgIpc) is 3.15. The molecule has 52 heavy (non-hydrogen) atoms. The SMILES string of the molecule is CCCCCCC(CCCC)COC(=O)CCCCCCCCC(CCCCCCCCC(O)OCC)NCCCCC(=O)OCc1ccccc1. The van der Waals surface area contributed by atoms with E-state index in [2.05, 4.69) is 19.2 Å². The number of aliphatic hydroxyl groups excluding tert-OH is 1. The number of nitrogens with one attached hydrogen (secondary N) is 1. The van der Waals surface area contributed by atoms with Gasteiger partial charge in [0.15, 0.2) is 6.29 Å². The second-order valence-corrected chi connectivity index (χ2v) is 15.1. The largest absolute Gasteiger partial charge is 0.465 e. The standard InChI is InChI=1S/C45H81NO6/c1-4-7-9-19-29-40(28-8-5-2)38-51-44(48)35-25-17-13-11-15-23-33-42(32-22-14-10-12-16-24-34-43(47)50-6-3)46-37-27-26-36-45(49)52-39-41-30-20-18-21-31-41/h18,20-21,30-31,40,42-43,46-47H,4-17,19,22-29,32-39H2,1-3H3. The van der Waals surface area contributed by atoms with Gasteiger partial charge in [0.2, 0.25) is 0 Å². The predicted octanol–water partition coefficient (Wildman–Crippen LogP) is 11.8. The van der Waals surface area contributed by atoms with Gasteiger partial charge in [-0.2, -0.15) is 0 Å². The molecule has 0 bridgehead atoms. The number of carbonyl (C=O) groups excluding carboxylic acids is 2. The highest BCUT2D eigenvalue weighted by Crippen LogP contribution is 2.19. The van der Waals surface area contributed by atoms with Crippen LogP contribution < -0.4 is 5.32 Å². The first-order valence-corrected chi connectivity index (χ1v) is 21.9. The minimum absolute atomic E-state index is 0.00609. The van der Waals surface area contributed by atoms with Gasteiger partial charge >= 0.3 is 11.9 Å². The Labute approximate surface area is 320 Å². The molecule has 0 amide bonds. The van der Waals surface area contributed by atoms with Crippen LogP contribution in [0, 0.1) is 5.92 Å². The maximum absolute atomic E-state index is 12.4. The third-order valence-electron chi connectivity index (χ3n) is 10.2. The van der Waals surface area contributed by atoms with E-state index in [4.69, 9.17) is 14.2 Å². The second-order valence-electron chi connectivity index (χ2n) is 15.1. The molecule has 3 unspecified atom stereocenters. The van der Waals surface area contributed by atoms with E-state index < -0.39 is 6.29 Å². The highest BCUT2D eigenvalue weighted by Gasteiger charge is 2.13. The van der Waals surface area contributed by atoms with Gasteiger partial charge in [-0.25, -0.2) is 0 Å². The van der Waals surface area contributed by atoms with Crippen molar-refractivity contribution in [3.63, 3.8) is 0 Å². The number of benzene rings is 1. The maximum Gasteiger partial charge on any atom is 0.306 e. The van der Waals surface area contributed by atoms with Gasteiger partial charge in [0, 0.05) is 25.5 Å². The zero-order valence-corrected chi connectivity index (χ0v) is 34.0. The van der Waals surface area contributed by atoms with Gasteiger partial charge < -0.3 is 24.6 Å². The summed E-state index contributed by atoms with van der Waals surface area (Å²) in [6, 6.07) is 10.4. The predicted molar refractivity (Wildman–Crippen MR) is 216 cm³/mol. The number of hydrogen-bond acceptors (Lipinski definition) is 7. The number of ether oxygens (including phenoxy) is 3. The van der Waals surface area contributed by atoms with E-state index in [1.54, 1.807) is 0 Å². The molecule has 7 nitrogen and oxygen atoms in total. The Balaban J connectivity index is 2.25. The molecular formula is C45H81NO6. The molecule has 0 radical (unpaired) electrons. The lowest BCUT2D eigenvalue weighted by Gasteiger charge is -2.19. The van der Waals surface area contributed by atoms with Crippen molar-refractivity contribution < 1.29 is 28.9 Å². The van der Waals surface area contributed by atoms with Crippen molar-refractivity contribution in [1.82, 2.24) is 5.32 Å². The summed E-state index contributed by atoms with van der Waals surface area (Å²) in [4.78, 5) is 24.6. The van der Waals surface area contributed by atoms with E-state index in [1.165, 1.54) is 116 Å². The zero-order chi connectivity index (χ0) is 37.7. The fourth-order valence-electron chi connectivity index (χ4n) is 6.87. The van der Waals surface area contributed by atoms with Crippen LogP contribution >= 0.6 is 0 Å². The summed E-state index contributed by atoms with van der Waals surface area (Å²) in [5, 5.41) is 13.5. The molecule has 1 aromatic rings. The van der Waals surface area contributed by atoms with Crippen molar-refractivity contribution in [2.45, 2.75) is 213 Å². The first-order chi connectivity index (χ1) is 25.5. The molecule has 0 saturated carbocycles. The van der Waals surface area contributed by atoms with Crippen LogP contribution in [0.15, 0.2) is 30.3 Å². The summed E-state index contributed by atoms with van der Waals surface area (Å²) in [7, 11) is 0. The molecule has 302 valence electrons. The van der Waals surface area contributed by atoms with Crippen molar-refractivity contribution in [3.8, 4) is 0 Å². The molecule has 1 aromatic carbocycles. The van der Waals surface area contributed by atoms with Crippen LogP contribution in [0.3, 0.4) is 0 Å². The third-order valence-corrected chi connectivity index (χ3v) is 10.2. The van der Waals surface area contributed by atoms with E-state index in [0.717, 1.165) is 57.1 Å². The van der Waals surface area contributed by atoms with E-state index in [-0.39, 0.29) is 11.9 Å².